The SMILES string of the molecule is COc1cccc2[nH]cc(CCNC(=O)N3CCCCC3CCO)c12. The summed E-state index contributed by atoms with van der Waals surface area (Å²) in [7, 11) is 1.67. The van der Waals surface area contributed by atoms with Crippen molar-refractivity contribution in [1.82, 2.24) is 15.2 Å². The Morgan fingerprint density at radius 3 is 3.12 bits per heavy atom. The number of nitrogens with one attached hydrogen (secondary N) is 2. The first-order valence-electron chi connectivity index (χ1n) is 9.03. The third-order valence-electron chi connectivity index (χ3n) is 4.99. The number of hydrogen-bond acceptors (Lipinski definition) is 3. The first-order chi connectivity index (χ1) is 12.2. The van der Waals surface area contributed by atoms with Gasteiger partial charge in [0, 0.05) is 42.8 Å². The van der Waals surface area contributed by atoms with Crippen molar-refractivity contribution < 1.29 is 14.6 Å². The number of likely N-dealkylation sites (tertiary alicyclic amines) is 1. The fourth-order valence-corrected chi connectivity index (χ4v) is 3.71. The van der Waals surface area contributed by atoms with E-state index >= 15 is 0 Å². The normalized spacial score (nSPS) is 17.7. The topological polar surface area (TPSA) is 77.6 Å². The molecule has 1 atom stereocenters. The molecule has 2 aromatic rings. The van der Waals surface area contributed by atoms with Crippen LogP contribution >= 0.6 is 0 Å². The zero-order valence-corrected chi connectivity index (χ0v) is 14.8. The summed E-state index contributed by atoms with van der Waals surface area (Å²) in [4.78, 5) is 17.6. The second kappa shape index (κ2) is 8.25. The number of benzene rings is 1. The van der Waals surface area contributed by atoms with Crippen molar-refractivity contribution in [2.45, 2.75) is 38.1 Å². The molecule has 1 saturated heterocycles. The Hall–Kier alpha value is -2.21. The quantitative estimate of drug-likeness (QED) is 0.753. The molecule has 1 aliphatic heterocycles. The van der Waals surface area contributed by atoms with Crippen molar-refractivity contribution in [2.24, 2.45) is 0 Å². The highest BCUT2D eigenvalue weighted by atomic mass is 16.5. The summed E-state index contributed by atoms with van der Waals surface area (Å²) >= 11 is 0. The van der Waals surface area contributed by atoms with Crippen LogP contribution < -0.4 is 10.1 Å². The highest BCUT2D eigenvalue weighted by Crippen LogP contribution is 2.28. The number of H-pyrrole nitrogens is 1. The maximum absolute atomic E-state index is 12.5. The number of fused-ring (bicyclic) bond motifs is 1. The van der Waals surface area contributed by atoms with Gasteiger partial charge in [0.25, 0.3) is 0 Å². The molecule has 1 aromatic carbocycles. The maximum Gasteiger partial charge on any atom is 0.317 e. The first kappa shape index (κ1) is 17.6. The molecular formula is C19H27N3O3. The van der Waals surface area contributed by atoms with Crippen LogP contribution in [0.25, 0.3) is 10.9 Å². The molecule has 1 aromatic heterocycles. The van der Waals surface area contributed by atoms with Crippen molar-refractivity contribution in [3.05, 3.63) is 30.0 Å². The van der Waals surface area contributed by atoms with Crippen LogP contribution in [0.4, 0.5) is 4.79 Å². The van der Waals surface area contributed by atoms with E-state index in [0.717, 1.165) is 54.4 Å². The van der Waals surface area contributed by atoms with E-state index in [1.165, 1.54) is 0 Å². The molecule has 136 valence electrons. The minimum absolute atomic E-state index is 0.0232. The number of methoxy groups -OCH3 is 1. The van der Waals surface area contributed by atoms with Crippen LogP contribution in [-0.2, 0) is 6.42 Å². The lowest BCUT2D eigenvalue weighted by atomic mass is 10.0. The van der Waals surface area contributed by atoms with E-state index in [2.05, 4.69) is 10.3 Å². The van der Waals surface area contributed by atoms with Gasteiger partial charge < -0.3 is 25.0 Å². The van der Waals surface area contributed by atoms with E-state index in [-0.39, 0.29) is 18.7 Å². The Balaban J connectivity index is 1.60. The number of carbonyl (C=O) groups is 1. The lowest BCUT2D eigenvalue weighted by Gasteiger charge is -2.35. The summed E-state index contributed by atoms with van der Waals surface area (Å²) in [6.07, 6.45) is 6.53. The van der Waals surface area contributed by atoms with Crippen LogP contribution in [0.1, 0.15) is 31.2 Å². The molecule has 0 spiro atoms. The number of carbonyl (C=O) groups excluding carboxylic acids is 1. The molecule has 6 nitrogen and oxygen atoms in total. The average Bonchev–Trinajstić information content (AvgIpc) is 3.06. The van der Waals surface area contributed by atoms with Crippen molar-refractivity contribution in [1.29, 1.82) is 0 Å². The molecule has 0 radical (unpaired) electrons. The fourth-order valence-electron chi connectivity index (χ4n) is 3.71. The number of amides is 2. The zero-order valence-electron chi connectivity index (χ0n) is 14.8. The van der Waals surface area contributed by atoms with Crippen molar-refractivity contribution in [2.75, 3.05) is 26.8 Å². The summed E-state index contributed by atoms with van der Waals surface area (Å²) in [6.45, 7) is 1.48. The number of rotatable bonds is 6. The van der Waals surface area contributed by atoms with Crippen LogP contribution in [0.3, 0.4) is 0 Å². The third-order valence-corrected chi connectivity index (χ3v) is 4.99. The van der Waals surface area contributed by atoms with Gasteiger partial charge in [-0.1, -0.05) is 6.07 Å². The number of aliphatic hydroxyl groups is 1. The van der Waals surface area contributed by atoms with Gasteiger partial charge in [-0.15, -0.1) is 0 Å². The van der Waals surface area contributed by atoms with Crippen molar-refractivity contribution in [3.63, 3.8) is 0 Å². The number of ether oxygens (including phenoxy) is 1. The van der Waals surface area contributed by atoms with E-state index in [1.54, 1.807) is 7.11 Å². The van der Waals surface area contributed by atoms with Crippen molar-refractivity contribution >= 4 is 16.9 Å². The zero-order chi connectivity index (χ0) is 17.6. The summed E-state index contributed by atoms with van der Waals surface area (Å²) in [5, 5.41) is 13.3. The maximum atomic E-state index is 12.5. The average molecular weight is 345 g/mol. The predicted octanol–water partition coefficient (Wildman–Crippen LogP) is 2.67. The molecule has 0 aliphatic carbocycles. The van der Waals surface area contributed by atoms with Crippen molar-refractivity contribution in [3.8, 4) is 5.75 Å². The molecule has 2 heterocycles. The number of aromatic nitrogens is 1. The van der Waals surface area contributed by atoms with Gasteiger partial charge in [0.05, 0.1) is 7.11 Å². The largest absolute Gasteiger partial charge is 0.496 e. The smallest absolute Gasteiger partial charge is 0.317 e. The van der Waals surface area contributed by atoms with E-state index in [4.69, 9.17) is 4.74 Å². The number of piperidine rings is 1. The molecule has 3 N–H and O–H groups in total. The first-order valence-corrected chi connectivity index (χ1v) is 9.03. The van der Waals surface area contributed by atoms with Gasteiger partial charge in [-0.25, -0.2) is 4.79 Å². The molecule has 0 bridgehead atoms. The third kappa shape index (κ3) is 3.90. The highest BCUT2D eigenvalue weighted by Gasteiger charge is 2.25. The van der Waals surface area contributed by atoms with E-state index < -0.39 is 0 Å². The second-order valence-corrected chi connectivity index (χ2v) is 6.53. The molecule has 3 rings (SSSR count). The van der Waals surface area contributed by atoms with E-state index in [9.17, 15) is 9.90 Å². The molecule has 1 fully saturated rings. The van der Waals surface area contributed by atoms with Crippen LogP contribution in [0.2, 0.25) is 0 Å². The summed E-state index contributed by atoms with van der Waals surface area (Å²) in [5.74, 6) is 0.846. The van der Waals surface area contributed by atoms with Gasteiger partial charge in [0.1, 0.15) is 5.75 Å². The molecule has 1 aliphatic rings. The number of hydrogen-bond donors (Lipinski definition) is 3. The number of aromatic amines is 1. The highest BCUT2D eigenvalue weighted by molar-refractivity contribution is 5.89. The van der Waals surface area contributed by atoms with Gasteiger partial charge in [0.2, 0.25) is 0 Å². The molecule has 2 amide bonds. The number of nitrogens with zero attached hydrogens (tertiary/aromatic N) is 1. The number of urea groups is 1. The number of aliphatic hydroxyl groups excluding tert-OH is 1. The van der Waals surface area contributed by atoms with Crippen LogP contribution in [-0.4, -0.2) is 53.9 Å². The standard InChI is InChI=1S/C19H27N3O3/c1-25-17-7-4-6-16-18(17)14(13-21-16)8-10-20-19(24)22-11-3-2-5-15(22)9-12-23/h4,6-7,13,15,21,23H,2-3,5,8-12H2,1H3,(H,20,24). The monoisotopic (exact) mass is 345 g/mol. The van der Waals surface area contributed by atoms with E-state index in [0.29, 0.717) is 13.0 Å². The lowest BCUT2D eigenvalue weighted by molar-refractivity contribution is 0.132. The lowest BCUT2D eigenvalue weighted by Crippen LogP contribution is -2.49. The summed E-state index contributed by atoms with van der Waals surface area (Å²) in [5.41, 5.74) is 2.18. The summed E-state index contributed by atoms with van der Waals surface area (Å²) in [6, 6.07) is 6.07. The predicted molar refractivity (Wildman–Crippen MR) is 98.0 cm³/mol. The molecule has 1 unspecified atom stereocenters. The van der Waals surface area contributed by atoms with Crippen LogP contribution in [0, 0.1) is 0 Å². The van der Waals surface area contributed by atoms with Gasteiger partial charge in [-0.2, -0.15) is 0 Å². The van der Waals surface area contributed by atoms with E-state index in [1.807, 2.05) is 29.3 Å². The molecular weight excluding hydrogens is 318 g/mol. The molecule has 6 heteroatoms. The Kier molecular flexibility index (Phi) is 5.81. The van der Waals surface area contributed by atoms with Crippen LogP contribution in [0.15, 0.2) is 24.4 Å². The van der Waals surface area contributed by atoms with Gasteiger partial charge in [-0.3, -0.25) is 0 Å². The van der Waals surface area contributed by atoms with Crippen LogP contribution in [0.5, 0.6) is 5.75 Å². The Labute approximate surface area is 148 Å². The summed E-state index contributed by atoms with van der Waals surface area (Å²) < 4.78 is 5.45. The molecule has 0 saturated carbocycles. The van der Waals surface area contributed by atoms with Gasteiger partial charge >= 0.3 is 6.03 Å². The Morgan fingerprint density at radius 1 is 1.44 bits per heavy atom. The molecule has 25 heavy (non-hydrogen) atoms. The van der Waals surface area contributed by atoms with Gasteiger partial charge in [-0.05, 0) is 49.8 Å². The minimum Gasteiger partial charge on any atom is -0.496 e. The second-order valence-electron chi connectivity index (χ2n) is 6.53. The van der Waals surface area contributed by atoms with Gasteiger partial charge in [0.15, 0.2) is 0 Å². The Morgan fingerprint density at radius 2 is 2.32 bits per heavy atom. The Bertz CT molecular complexity index is 711. The minimum atomic E-state index is -0.0232. The fraction of sp³-hybridized carbons (Fsp3) is 0.526.